The molecule has 0 radical (unpaired) electrons. The van der Waals surface area contributed by atoms with Crippen LogP contribution in [-0.4, -0.2) is 26.6 Å². The van der Waals surface area contributed by atoms with Crippen molar-refractivity contribution in [2.45, 2.75) is 38.6 Å². The molecule has 1 aliphatic carbocycles. The summed E-state index contributed by atoms with van der Waals surface area (Å²) in [5.41, 5.74) is 2.19. The van der Waals surface area contributed by atoms with E-state index in [1.165, 1.54) is 6.42 Å². The van der Waals surface area contributed by atoms with Gasteiger partial charge in [-0.3, -0.25) is 19.3 Å². The number of benzene rings is 1. The lowest BCUT2D eigenvalue weighted by Crippen LogP contribution is -2.24. The summed E-state index contributed by atoms with van der Waals surface area (Å²) in [5.74, 6) is 0.325. The SMILES string of the molecule is O=C(Nc1ccn(Cc2ccncc2)n1)c1cccc(NC(=O)C2CCCCC2)c1. The van der Waals surface area contributed by atoms with Crippen LogP contribution in [0.4, 0.5) is 11.5 Å². The number of carbonyl (C=O) groups excluding carboxylic acids is 2. The fourth-order valence-corrected chi connectivity index (χ4v) is 3.73. The first-order chi connectivity index (χ1) is 14.7. The minimum absolute atomic E-state index is 0.0436. The molecule has 1 fully saturated rings. The van der Waals surface area contributed by atoms with Gasteiger partial charge in [-0.1, -0.05) is 25.3 Å². The summed E-state index contributed by atoms with van der Waals surface area (Å²) < 4.78 is 1.76. The van der Waals surface area contributed by atoms with E-state index in [0.29, 0.717) is 23.6 Å². The Bertz CT molecular complexity index is 1010. The summed E-state index contributed by atoms with van der Waals surface area (Å²) in [7, 11) is 0. The Morgan fingerprint density at radius 3 is 2.60 bits per heavy atom. The van der Waals surface area contributed by atoms with Crippen LogP contribution in [0.3, 0.4) is 0 Å². The van der Waals surface area contributed by atoms with Crippen molar-refractivity contribution in [2.75, 3.05) is 10.6 Å². The molecule has 2 N–H and O–H groups in total. The molecular weight excluding hydrogens is 378 g/mol. The molecule has 1 aliphatic rings. The summed E-state index contributed by atoms with van der Waals surface area (Å²) in [6.07, 6.45) is 10.6. The normalized spacial score (nSPS) is 14.3. The molecule has 2 amide bonds. The van der Waals surface area contributed by atoms with Crippen molar-refractivity contribution < 1.29 is 9.59 Å². The van der Waals surface area contributed by atoms with Gasteiger partial charge in [-0.2, -0.15) is 5.10 Å². The molecule has 0 atom stereocenters. The van der Waals surface area contributed by atoms with Gasteiger partial charge in [0.2, 0.25) is 5.91 Å². The number of amides is 2. The van der Waals surface area contributed by atoms with E-state index in [0.717, 1.165) is 31.2 Å². The van der Waals surface area contributed by atoms with Crippen LogP contribution in [0, 0.1) is 5.92 Å². The van der Waals surface area contributed by atoms with Gasteiger partial charge < -0.3 is 10.6 Å². The summed E-state index contributed by atoms with van der Waals surface area (Å²) in [6, 6.07) is 12.6. The molecule has 3 aromatic rings. The molecule has 2 heterocycles. The van der Waals surface area contributed by atoms with E-state index in [1.807, 2.05) is 18.3 Å². The fourth-order valence-electron chi connectivity index (χ4n) is 3.73. The van der Waals surface area contributed by atoms with Crippen LogP contribution in [0.25, 0.3) is 0 Å². The molecule has 0 bridgehead atoms. The molecule has 2 aromatic heterocycles. The zero-order valence-electron chi connectivity index (χ0n) is 16.8. The second-order valence-electron chi connectivity index (χ2n) is 7.61. The van der Waals surface area contributed by atoms with Crippen molar-refractivity contribution in [3.8, 4) is 0 Å². The summed E-state index contributed by atoms with van der Waals surface area (Å²) in [6.45, 7) is 0.598. The molecule has 7 heteroatoms. The highest BCUT2D eigenvalue weighted by Gasteiger charge is 2.21. The van der Waals surface area contributed by atoms with E-state index in [1.54, 1.807) is 47.4 Å². The minimum atomic E-state index is -0.266. The number of carbonyl (C=O) groups is 2. The smallest absolute Gasteiger partial charge is 0.256 e. The molecule has 0 spiro atoms. The van der Waals surface area contributed by atoms with Crippen molar-refractivity contribution in [2.24, 2.45) is 5.92 Å². The molecule has 30 heavy (non-hydrogen) atoms. The number of hydrogen-bond acceptors (Lipinski definition) is 4. The predicted molar refractivity (Wildman–Crippen MR) is 115 cm³/mol. The van der Waals surface area contributed by atoms with Gasteiger partial charge in [0.15, 0.2) is 5.82 Å². The topological polar surface area (TPSA) is 88.9 Å². The molecule has 154 valence electrons. The number of hydrogen-bond donors (Lipinski definition) is 2. The van der Waals surface area contributed by atoms with Gasteiger partial charge in [-0.25, -0.2) is 0 Å². The zero-order chi connectivity index (χ0) is 20.8. The van der Waals surface area contributed by atoms with Crippen LogP contribution in [0.2, 0.25) is 0 Å². The van der Waals surface area contributed by atoms with Gasteiger partial charge in [0.1, 0.15) is 0 Å². The lowest BCUT2D eigenvalue weighted by atomic mass is 9.88. The van der Waals surface area contributed by atoms with E-state index in [-0.39, 0.29) is 17.7 Å². The number of nitrogens with one attached hydrogen (secondary N) is 2. The molecular formula is C23H25N5O2. The van der Waals surface area contributed by atoms with E-state index < -0.39 is 0 Å². The first-order valence-electron chi connectivity index (χ1n) is 10.3. The average molecular weight is 403 g/mol. The quantitative estimate of drug-likeness (QED) is 0.649. The molecule has 0 saturated heterocycles. The lowest BCUT2D eigenvalue weighted by molar-refractivity contribution is -0.120. The fraction of sp³-hybridized carbons (Fsp3) is 0.304. The Balaban J connectivity index is 1.37. The minimum Gasteiger partial charge on any atom is -0.326 e. The van der Waals surface area contributed by atoms with Gasteiger partial charge in [-0.15, -0.1) is 0 Å². The second-order valence-corrected chi connectivity index (χ2v) is 7.61. The van der Waals surface area contributed by atoms with Crippen LogP contribution in [0.1, 0.15) is 48.0 Å². The largest absolute Gasteiger partial charge is 0.326 e. The molecule has 0 unspecified atom stereocenters. The molecule has 0 aliphatic heterocycles. The van der Waals surface area contributed by atoms with Gasteiger partial charge in [0, 0.05) is 41.8 Å². The highest BCUT2D eigenvalue weighted by atomic mass is 16.2. The van der Waals surface area contributed by atoms with Crippen LogP contribution in [0.5, 0.6) is 0 Å². The number of anilines is 2. The monoisotopic (exact) mass is 403 g/mol. The van der Waals surface area contributed by atoms with E-state index in [2.05, 4.69) is 20.7 Å². The van der Waals surface area contributed by atoms with E-state index in [4.69, 9.17) is 0 Å². The first kappa shape index (κ1) is 19.8. The molecule has 7 nitrogen and oxygen atoms in total. The predicted octanol–water partition coefficient (Wildman–Crippen LogP) is 4.10. The highest BCUT2D eigenvalue weighted by Crippen LogP contribution is 2.25. The van der Waals surface area contributed by atoms with Gasteiger partial charge in [0.05, 0.1) is 6.54 Å². The average Bonchev–Trinajstić information content (AvgIpc) is 3.22. The van der Waals surface area contributed by atoms with Gasteiger partial charge >= 0.3 is 0 Å². The maximum atomic E-state index is 12.6. The van der Waals surface area contributed by atoms with Crippen molar-refractivity contribution in [1.29, 1.82) is 0 Å². The van der Waals surface area contributed by atoms with Crippen molar-refractivity contribution in [3.05, 3.63) is 72.2 Å². The third-order valence-corrected chi connectivity index (χ3v) is 5.34. The number of nitrogens with zero attached hydrogens (tertiary/aromatic N) is 3. The Morgan fingerprint density at radius 2 is 1.80 bits per heavy atom. The lowest BCUT2D eigenvalue weighted by Gasteiger charge is -2.20. The number of pyridine rings is 1. The molecule has 1 aromatic carbocycles. The van der Waals surface area contributed by atoms with E-state index >= 15 is 0 Å². The van der Waals surface area contributed by atoms with Crippen LogP contribution < -0.4 is 10.6 Å². The van der Waals surface area contributed by atoms with Crippen LogP contribution in [-0.2, 0) is 11.3 Å². The maximum absolute atomic E-state index is 12.6. The number of aromatic nitrogens is 3. The Hall–Kier alpha value is -3.48. The highest BCUT2D eigenvalue weighted by molar-refractivity contribution is 6.05. The zero-order valence-corrected chi connectivity index (χ0v) is 16.8. The van der Waals surface area contributed by atoms with Gasteiger partial charge in [0.25, 0.3) is 5.91 Å². The first-order valence-corrected chi connectivity index (χ1v) is 10.3. The van der Waals surface area contributed by atoms with Crippen LogP contribution in [0.15, 0.2) is 61.1 Å². The second kappa shape index (κ2) is 9.35. The third kappa shape index (κ3) is 5.11. The van der Waals surface area contributed by atoms with Crippen molar-refractivity contribution in [3.63, 3.8) is 0 Å². The summed E-state index contributed by atoms with van der Waals surface area (Å²) in [5, 5.41) is 10.2. The maximum Gasteiger partial charge on any atom is 0.256 e. The number of rotatable bonds is 6. The standard InChI is InChI=1S/C23H25N5O2/c29-22(18-5-2-1-3-6-18)25-20-8-4-7-19(15-20)23(30)26-21-11-14-28(27-21)16-17-9-12-24-13-10-17/h4,7-15,18H,1-3,5-6,16H2,(H,25,29)(H,26,27,30). The van der Waals surface area contributed by atoms with Crippen molar-refractivity contribution in [1.82, 2.24) is 14.8 Å². The molecule has 4 rings (SSSR count). The van der Waals surface area contributed by atoms with Gasteiger partial charge in [-0.05, 0) is 48.7 Å². The Labute approximate surface area is 175 Å². The third-order valence-electron chi connectivity index (χ3n) is 5.34. The Morgan fingerprint density at radius 1 is 1.00 bits per heavy atom. The molecule has 1 saturated carbocycles. The Kier molecular flexibility index (Phi) is 6.17. The van der Waals surface area contributed by atoms with Crippen LogP contribution >= 0.6 is 0 Å². The van der Waals surface area contributed by atoms with E-state index in [9.17, 15) is 9.59 Å². The van der Waals surface area contributed by atoms with Crippen molar-refractivity contribution >= 4 is 23.3 Å². The summed E-state index contributed by atoms with van der Waals surface area (Å²) >= 11 is 0. The summed E-state index contributed by atoms with van der Waals surface area (Å²) in [4.78, 5) is 29.1.